The fourth-order valence-corrected chi connectivity index (χ4v) is 4.55. The molecule has 1 aromatic carbocycles. The molecule has 2 aromatic rings. The van der Waals surface area contributed by atoms with Crippen molar-refractivity contribution in [3.05, 3.63) is 53.9 Å². The van der Waals surface area contributed by atoms with Gasteiger partial charge >= 0.3 is 0 Å². The van der Waals surface area contributed by atoms with Gasteiger partial charge in [0.2, 0.25) is 17.7 Å². The molecule has 1 saturated heterocycles. The van der Waals surface area contributed by atoms with Crippen molar-refractivity contribution in [2.24, 2.45) is 5.92 Å². The molecule has 1 aliphatic rings. The molecule has 1 atom stereocenters. The normalized spacial score (nSPS) is 15.2. The number of benzene rings is 1. The van der Waals surface area contributed by atoms with Crippen molar-refractivity contribution in [1.29, 1.82) is 0 Å². The van der Waals surface area contributed by atoms with Crippen molar-refractivity contribution in [3.63, 3.8) is 0 Å². The third-order valence-electron chi connectivity index (χ3n) is 6.59. The molecule has 1 aromatic heterocycles. The maximum Gasteiger partial charge on any atom is 0.244 e. The van der Waals surface area contributed by atoms with Crippen molar-refractivity contribution >= 4 is 17.7 Å². The number of nitrogens with one attached hydrogen (secondary N) is 1. The first-order chi connectivity index (χ1) is 15.8. The molecule has 3 amide bonds. The molecule has 3 rings (SSSR count). The Bertz CT molecular complexity index is 935. The fourth-order valence-electron chi connectivity index (χ4n) is 4.55. The molecule has 1 fully saturated rings. The van der Waals surface area contributed by atoms with Gasteiger partial charge in [0.05, 0.1) is 0 Å². The Hall–Kier alpha value is -3.16. The summed E-state index contributed by atoms with van der Waals surface area (Å²) in [6, 6.07) is 10.2. The number of likely N-dealkylation sites (N-methyl/N-ethyl adjacent to an activating group) is 1. The Morgan fingerprint density at radius 2 is 1.91 bits per heavy atom. The lowest BCUT2D eigenvalue weighted by Crippen LogP contribution is -2.49. The average molecular weight is 454 g/mol. The quantitative estimate of drug-likeness (QED) is 0.629. The Kier molecular flexibility index (Phi) is 8.63. The summed E-state index contributed by atoms with van der Waals surface area (Å²) in [7, 11) is 1.89. The molecule has 0 radical (unpaired) electrons. The van der Waals surface area contributed by atoms with E-state index in [4.69, 9.17) is 0 Å². The summed E-state index contributed by atoms with van der Waals surface area (Å²) in [6.45, 7) is 5.50. The summed E-state index contributed by atoms with van der Waals surface area (Å²) in [5, 5.41) is 6.85. The average Bonchev–Trinajstić information content (AvgIpc) is 3.31. The van der Waals surface area contributed by atoms with Gasteiger partial charge < -0.3 is 15.1 Å². The molecular formula is C25H35N5O3. The number of carbonyl (C=O) groups excluding carboxylic acids is 3. The molecule has 0 bridgehead atoms. The minimum Gasteiger partial charge on any atom is -0.356 e. The van der Waals surface area contributed by atoms with Crippen LogP contribution in [0, 0.1) is 12.8 Å². The summed E-state index contributed by atoms with van der Waals surface area (Å²) in [6.07, 6.45) is 6.28. The Balaban J connectivity index is 1.66. The van der Waals surface area contributed by atoms with E-state index in [1.807, 2.05) is 35.0 Å². The van der Waals surface area contributed by atoms with Gasteiger partial charge in [0.15, 0.2) is 0 Å². The summed E-state index contributed by atoms with van der Waals surface area (Å²) in [5.41, 5.74) is 2.47. The summed E-state index contributed by atoms with van der Waals surface area (Å²) < 4.78 is 1.65. The fraction of sp³-hybridized carbons (Fsp3) is 0.520. The van der Waals surface area contributed by atoms with E-state index >= 15 is 0 Å². The molecular weight excluding hydrogens is 418 g/mol. The van der Waals surface area contributed by atoms with Gasteiger partial charge in [-0.2, -0.15) is 5.10 Å². The van der Waals surface area contributed by atoms with Crippen LogP contribution >= 0.6 is 0 Å². The number of aromatic nitrogens is 2. The molecule has 8 nitrogen and oxygen atoms in total. The highest BCUT2D eigenvalue weighted by molar-refractivity contribution is 5.78. The number of nitrogens with zero attached hydrogens (tertiary/aromatic N) is 4. The van der Waals surface area contributed by atoms with E-state index in [9.17, 15) is 14.4 Å². The molecule has 0 spiro atoms. The number of hydrogen-bond acceptors (Lipinski definition) is 4. The molecule has 0 saturated carbocycles. The lowest BCUT2D eigenvalue weighted by molar-refractivity contribution is -0.137. The lowest BCUT2D eigenvalue weighted by atomic mass is 9.84. The standard InChI is InChI=1S/C25H35N5O3/c1-19-7-4-5-8-22(19)17-23(28(3)25(33)18-30-14-6-12-27-30)21-10-15-29(16-11-21)24(32)9-13-26-20(2)31/h4-8,12,14,21,23H,9-11,13,15-18H2,1-3H3,(H,26,31). The molecule has 1 N–H and O–H groups in total. The predicted octanol–water partition coefficient (Wildman–Crippen LogP) is 2.03. The monoisotopic (exact) mass is 453 g/mol. The van der Waals surface area contributed by atoms with E-state index in [2.05, 4.69) is 29.5 Å². The van der Waals surface area contributed by atoms with Gasteiger partial charge in [0, 0.05) is 58.5 Å². The van der Waals surface area contributed by atoms with Crippen LogP contribution in [0.1, 0.15) is 37.3 Å². The van der Waals surface area contributed by atoms with Gasteiger partial charge in [0.1, 0.15) is 6.54 Å². The second kappa shape index (κ2) is 11.6. The minimum absolute atomic E-state index is 0.0334. The van der Waals surface area contributed by atoms with Gasteiger partial charge in [-0.3, -0.25) is 19.1 Å². The number of piperidine rings is 1. The maximum absolute atomic E-state index is 13.1. The topological polar surface area (TPSA) is 87.5 Å². The molecule has 1 aliphatic heterocycles. The van der Waals surface area contributed by atoms with Crippen LogP contribution in [0.15, 0.2) is 42.7 Å². The van der Waals surface area contributed by atoms with Gasteiger partial charge in [-0.15, -0.1) is 0 Å². The van der Waals surface area contributed by atoms with Gasteiger partial charge in [-0.25, -0.2) is 0 Å². The SMILES string of the molecule is CC(=O)NCCC(=O)N1CCC(C(Cc2ccccc2C)N(C)C(=O)Cn2cccn2)CC1. The highest BCUT2D eigenvalue weighted by atomic mass is 16.2. The molecule has 1 unspecified atom stereocenters. The molecule has 8 heteroatoms. The Labute approximate surface area is 195 Å². The number of likely N-dealkylation sites (tertiary alicyclic amines) is 1. The van der Waals surface area contributed by atoms with Crippen molar-refractivity contribution in [2.45, 2.75) is 52.1 Å². The van der Waals surface area contributed by atoms with Crippen LogP contribution in [0.5, 0.6) is 0 Å². The van der Waals surface area contributed by atoms with E-state index < -0.39 is 0 Å². The van der Waals surface area contributed by atoms with E-state index in [0.717, 1.165) is 19.3 Å². The highest BCUT2D eigenvalue weighted by Crippen LogP contribution is 2.27. The summed E-state index contributed by atoms with van der Waals surface area (Å²) in [5.74, 6) is 0.283. The molecule has 0 aliphatic carbocycles. The molecule has 2 heterocycles. The van der Waals surface area contributed by atoms with E-state index in [-0.39, 0.29) is 30.3 Å². The van der Waals surface area contributed by atoms with Crippen LogP contribution in [0.25, 0.3) is 0 Å². The highest BCUT2D eigenvalue weighted by Gasteiger charge is 2.33. The van der Waals surface area contributed by atoms with Crippen molar-refractivity contribution in [1.82, 2.24) is 24.9 Å². The largest absolute Gasteiger partial charge is 0.356 e. The smallest absolute Gasteiger partial charge is 0.244 e. The predicted molar refractivity (Wildman–Crippen MR) is 126 cm³/mol. The number of hydrogen-bond donors (Lipinski definition) is 1. The van der Waals surface area contributed by atoms with Crippen LogP contribution < -0.4 is 5.32 Å². The zero-order chi connectivity index (χ0) is 23.8. The minimum atomic E-state index is -0.122. The number of carbonyl (C=O) groups is 3. The number of amides is 3. The van der Waals surface area contributed by atoms with Crippen molar-refractivity contribution in [2.75, 3.05) is 26.7 Å². The first-order valence-corrected chi connectivity index (χ1v) is 11.6. The first-order valence-electron chi connectivity index (χ1n) is 11.6. The first kappa shape index (κ1) is 24.5. The van der Waals surface area contributed by atoms with Crippen LogP contribution in [0.2, 0.25) is 0 Å². The van der Waals surface area contributed by atoms with E-state index in [1.54, 1.807) is 17.1 Å². The third-order valence-corrected chi connectivity index (χ3v) is 6.59. The number of rotatable bonds is 9. The Morgan fingerprint density at radius 3 is 2.55 bits per heavy atom. The summed E-state index contributed by atoms with van der Waals surface area (Å²) in [4.78, 5) is 40.4. The molecule has 33 heavy (non-hydrogen) atoms. The van der Waals surface area contributed by atoms with Crippen molar-refractivity contribution < 1.29 is 14.4 Å². The van der Waals surface area contributed by atoms with Crippen LogP contribution in [0.3, 0.4) is 0 Å². The van der Waals surface area contributed by atoms with Crippen LogP contribution in [-0.2, 0) is 27.3 Å². The zero-order valence-electron chi connectivity index (χ0n) is 19.9. The number of aryl methyl sites for hydroxylation is 1. The maximum atomic E-state index is 13.1. The van der Waals surface area contributed by atoms with E-state index in [1.165, 1.54) is 18.1 Å². The lowest BCUT2D eigenvalue weighted by Gasteiger charge is -2.40. The van der Waals surface area contributed by atoms with E-state index in [0.29, 0.717) is 32.0 Å². The van der Waals surface area contributed by atoms with Crippen LogP contribution in [-0.4, -0.2) is 70.0 Å². The molecule has 178 valence electrons. The van der Waals surface area contributed by atoms with Gasteiger partial charge in [0.25, 0.3) is 0 Å². The van der Waals surface area contributed by atoms with Gasteiger partial charge in [-0.1, -0.05) is 24.3 Å². The second-order valence-corrected chi connectivity index (χ2v) is 8.86. The summed E-state index contributed by atoms with van der Waals surface area (Å²) >= 11 is 0. The second-order valence-electron chi connectivity index (χ2n) is 8.86. The zero-order valence-corrected chi connectivity index (χ0v) is 19.9. The third kappa shape index (κ3) is 6.91. The van der Waals surface area contributed by atoms with Crippen LogP contribution in [0.4, 0.5) is 0 Å². The van der Waals surface area contributed by atoms with Gasteiger partial charge in [-0.05, 0) is 49.3 Å². The Morgan fingerprint density at radius 1 is 1.18 bits per heavy atom. The van der Waals surface area contributed by atoms with Crippen molar-refractivity contribution in [3.8, 4) is 0 Å².